The van der Waals surface area contributed by atoms with E-state index in [1.54, 1.807) is 73.7 Å². The van der Waals surface area contributed by atoms with Gasteiger partial charge in [-0.15, -0.1) is 0 Å². The largest absolute Gasteiger partial charge is 0.495 e. The van der Waals surface area contributed by atoms with E-state index in [2.05, 4.69) is 0 Å². The predicted octanol–water partition coefficient (Wildman–Crippen LogP) is 3.03. The van der Waals surface area contributed by atoms with Crippen molar-refractivity contribution in [2.24, 2.45) is 0 Å². The van der Waals surface area contributed by atoms with Crippen LogP contribution in [0.2, 0.25) is 0 Å². The lowest BCUT2D eigenvalue weighted by molar-refractivity contribution is 0.193. The molecule has 10 heteroatoms. The van der Waals surface area contributed by atoms with Gasteiger partial charge in [0.15, 0.2) is 0 Å². The van der Waals surface area contributed by atoms with Gasteiger partial charge in [0.05, 0.1) is 48.8 Å². The molecular formula is C24H28N2O6S2. The van der Waals surface area contributed by atoms with Gasteiger partial charge < -0.3 is 9.84 Å². The van der Waals surface area contributed by atoms with Crippen LogP contribution >= 0.6 is 0 Å². The highest BCUT2D eigenvalue weighted by molar-refractivity contribution is 7.93. The first-order chi connectivity index (χ1) is 16.1. The number of aryl methyl sites for hydroxylation is 1. The van der Waals surface area contributed by atoms with Crippen molar-refractivity contribution in [3.05, 3.63) is 84.4 Å². The minimum absolute atomic E-state index is 0.0342. The van der Waals surface area contributed by atoms with Crippen molar-refractivity contribution in [1.82, 2.24) is 0 Å². The van der Waals surface area contributed by atoms with Gasteiger partial charge >= 0.3 is 0 Å². The number of aliphatic hydroxyl groups is 1. The number of rotatable bonds is 10. The number of hydrogen-bond donors (Lipinski definition) is 1. The topological polar surface area (TPSA) is 104 Å². The standard InChI is InChI=1S/C24H28N2O6S2/c1-19-11-7-8-14-22(19)25(33(3,28)29)17-20(27)18-26(23-15-9-10-16-24(23)32-2)34(30,31)21-12-5-4-6-13-21/h4-16,20,27H,17-18H2,1-3H3. The first-order valence-corrected chi connectivity index (χ1v) is 13.8. The maximum atomic E-state index is 13.6. The molecule has 3 aromatic carbocycles. The molecule has 8 nitrogen and oxygen atoms in total. The Kier molecular flexibility index (Phi) is 7.86. The maximum absolute atomic E-state index is 13.6. The predicted molar refractivity (Wildman–Crippen MR) is 133 cm³/mol. The van der Waals surface area contributed by atoms with Crippen molar-refractivity contribution in [2.45, 2.75) is 17.9 Å². The minimum atomic E-state index is -4.10. The van der Waals surface area contributed by atoms with Crippen molar-refractivity contribution in [3.63, 3.8) is 0 Å². The monoisotopic (exact) mass is 504 g/mol. The van der Waals surface area contributed by atoms with Crippen molar-refractivity contribution >= 4 is 31.4 Å². The molecule has 34 heavy (non-hydrogen) atoms. The summed E-state index contributed by atoms with van der Waals surface area (Å²) in [6.45, 7) is 1.04. The summed E-state index contributed by atoms with van der Waals surface area (Å²) in [5.74, 6) is 0.299. The lowest BCUT2D eigenvalue weighted by Gasteiger charge is -2.31. The fraction of sp³-hybridized carbons (Fsp3) is 0.250. The number of sulfonamides is 2. The van der Waals surface area contributed by atoms with Crippen LogP contribution in [0.15, 0.2) is 83.8 Å². The quantitative estimate of drug-likeness (QED) is 0.455. The number of ether oxygens (including phenoxy) is 1. The molecule has 0 aliphatic carbocycles. The Morgan fingerprint density at radius 3 is 1.91 bits per heavy atom. The highest BCUT2D eigenvalue weighted by Gasteiger charge is 2.31. The van der Waals surface area contributed by atoms with Crippen LogP contribution in [0, 0.1) is 6.92 Å². The summed E-state index contributed by atoms with van der Waals surface area (Å²) in [5.41, 5.74) is 1.35. The minimum Gasteiger partial charge on any atom is -0.495 e. The van der Waals surface area contributed by atoms with E-state index < -0.39 is 32.7 Å². The number of nitrogens with zero attached hydrogens (tertiary/aromatic N) is 2. The lowest BCUT2D eigenvalue weighted by atomic mass is 10.2. The number of aliphatic hydroxyl groups excluding tert-OH is 1. The molecule has 0 saturated heterocycles. The van der Waals surface area contributed by atoms with Crippen molar-refractivity contribution in [3.8, 4) is 5.75 Å². The summed E-state index contributed by atoms with van der Waals surface area (Å²) in [6, 6.07) is 21.3. The van der Waals surface area contributed by atoms with Gasteiger partial charge in [0.25, 0.3) is 10.0 Å². The molecule has 1 unspecified atom stereocenters. The highest BCUT2D eigenvalue weighted by atomic mass is 32.2. The zero-order chi connectivity index (χ0) is 24.9. The average Bonchev–Trinajstić information content (AvgIpc) is 2.81. The molecule has 1 atom stereocenters. The average molecular weight is 505 g/mol. The number of methoxy groups -OCH3 is 1. The molecule has 0 bridgehead atoms. The molecule has 0 fully saturated rings. The van der Waals surface area contributed by atoms with Crippen LogP contribution < -0.4 is 13.3 Å². The Labute approximate surface area is 201 Å². The van der Waals surface area contributed by atoms with Crippen molar-refractivity contribution in [2.75, 3.05) is 35.1 Å². The SMILES string of the molecule is COc1ccccc1N(CC(O)CN(c1ccccc1C)S(C)(=O)=O)S(=O)(=O)c1ccccc1. The van der Waals surface area contributed by atoms with Gasteiger partial charge in [-0.2, -0.15) is 0 Å². The Morgan fingerprint density at radius 2 is 1.32 bits per heavy atom. The zero-order valence-electron chi connectivity index (χ0n) is 19.2. The number of para-hydroxylation sites is 3. The second-order valence-corrected chi connectivity index (χ2v) is 11.5. The highest BCUT2D eigenvalue weighted by Crippen LogP contribution is 2.32. The molecule has 0 aliphatic rings. The summed E-state index contributed by atoms with van der Waals surface area (Å²) >= 11 is 0. The molecule has 0 aromatic heterocycles. The van der Waals surface area contributed by atoms with E-state index in [9.17, 15) is 21.9 Å². The van der Waals surface area contributed by atoms with Crippen LogP contribution in [0.25, 0.3) is 0 Å². The summed E-state index contributed by atoms with van der Waals surface area (Å²) in [7, 11) is -6.43. The molecule has 3 rings (SSSR count). The van der Waals surface area contributed by atoms with Crippen LogP contribution in [0.3, 0.4) is 0 Å². The smallest absolute Gasteiger partial charge is 0.264 e. The van der Waals surface area contributed by atoms with E-state index in [1.807, 2.05) is 0 Å². The molecule has 0 radical (unpaired) electrons. The Balaban J connectivity index is 2.02. The van der Waals surface area contributed by atoms with Crippen LogP contribution in [0.5, 0.6) is 5.75 Å². The molecule has 1 N–H and O–H groups in total. The van der Waals surface area contributed by atoms with E-state index in [1.165, 1.54) is 19.2 Å². The van der Waals surface area contributed by atoms with Gasteiger partial charge in [-0.25, -0.2) is 16.8 Å². The number of anilines is 2. The van der Waals surface area contributed by atoms with Crippen LogP contribution in [-0.4, -0.2) is 54.5 Å². The third kappa shape index (κ3) is 5.69. The molecule has 3 aromatic rings. The molecule has 0 saturated carbocycles. The third-order valence-electron chi connectivity index (χ3n) is 5.22. The van der Waals surface area contributed by atoms with E-state index >= 15 is 0 Å². The van der Waals surface area contributed by atoms with Crippen LogP contribution in [0.1, 0.15) is 5.56 Å². The lowest BCUT2D eigenvalue weighted by Crippen LogP contribution is -2.44. The summed E-state index contributed by atoms with van der Waals surface area (Å²) < 4.78 is 59.8. The zero-order valence-corrected chi connectivity index (χ0v) is 20.8. The summed E-state index contributed by atoms with van der Waals surface area (Å²) in [5, 5.41) is 11.0. The summed E-state index contributed by atoms with van der Waals surface area (Å²) in [4.78, 5) is 0.0342. The molecule has 182 valence electrons. The maximum Gasteiger partial charge on any atom is 0.264 e. The fourth-order valence-corrected chi connectivity index (χ4v) is 6.12. The molecule has 0 heterocycles. The Bertz CT molecular complexity index is 1330. The van der Waals surface area contributed by atoms with E-state index in [0.717, 1.165) is 14.9 Å². The van der Waals surface area contributed by atoms with E-state index in [0.29, 0.717) is 17.0 Å². The number of benzene rings is 3. The van der Waals surface area contributed by atoms with E-state index in [4.69, 9.17) is 4.74 Å². The number of hydrogen-bond acceptors (Lipinski definition) is 6. The van der Waals surface area contributed by atoms with Crippen LogP contribution in [0.4, 0.5) is 11.4 Å². The third-order valence-corrected chi connectivity index (χ3v) is 8.16. The first kappa shape index (κ1) is 25.5. The van der Waals surface area contributed by atoms with Gasteiger partial charge in [0.1, 0.15) is 5.75 Å². The molecule has 0 aliphatic heterocycles. The van der Waals surface area contributed by atoms with Crippen LogP contribution in [-0.2, 0) is 20.0 Å². The first-order valence-electron chi connectivity index (χ1n) is 10.5. The molecule has 0 spiro atoms. The normalized spacial score (nSPS) is 12.7. The molecule has 0 amide bonds. The van der Waals surface area contributed by atoms with Gasteiger partial charge in [-0.3, -0.25) is 8.61 Å². The fourth-order valence-electron chi connectivity index (χ4n) is 3.58. The van der Waals surface area contributed by atoms with Gasteiger partial charge in [-0.1, -0.05) is 48.5 Å². The Morgan fingerprint density at radius 1 is 0.794 bits per heavy atom. The van der Waals surface area contributed by atoms with Gasteiger partial charge in [0, 0.05) is 0 Å². The van der Waals surface area contributed by atoms with Crippen molar-refractivity contribution in [1.29, 1.82) is 0 Å². The van der Waals surface area contributed by atoms with Crippen molar-refractivity contribution < 1.29 is 26.7 Å². The summed E-state index contributed by atoms with van der Waals surface area (Å²) in [6.07, 6.45) is -0.303. The van der Waals surface area contributed by atoms with E-state index in [-0.39, 0.29) is 17.1 Å². The second kappa shape index (κ2) is 10.5. The molecular weight excluding hydrogens is 476 g/mol. The van der Waals surface area contributed by atoms with Gasteiger partial charge in [-0.05, 0) is 42.8 Å². The second-order valence-electron chi connectivity index (χ2n) is 7.76. The Hall–Kier alpha value is -3.08. The van der Waals surface area contributed by atoms with Gasteiger partial charge in [0.2, 0.25) is 10.0 Å².